The number of amides is 2. The second-order valence-corrected chi connectivity index (χ2v) is 11.3. The van der Waals surface area contributed by atoms with Crippen LogP contribution in [-0.4, -0.2) is 77.9 Å². The molecule has 2 aliphatic heterocycles. The van der Waals surface area contributed by atoms with Crippen molar-refractivity contribution in [2.45, 2.75) is 51.5 Å². The molecule has 9 heteroatoms. The van der Waals surface area contributed by atoms with Crippen molar-refractivity contribution in [3.63, 3.8) is 0 Å². The predicted molar refractivity (Wildman–Crippen MR) is 106 cm³/mol. The Morgan fingerprint density at radius 1 is 1.29 bits per heavy atom. The predicted octanol–water partition coefficient (Wildman–Crippen LogP) is 1.20. The minimum atomic E-state index is -3.09. The highest BCUT2D eigenvalue weighted by atomic mass is 32.2. The minimum absolute atomic E-state index is 0.0283. The van der Waals surface area contributed by atoms with Crippen molar-refractivity contribution < 1.29 is 18.0 Å². The van der Waals surface area contributed by atoms with Crippen LogP contribution in [0.25, 0.3) is 0 Å². The van der Waals surface area contributed by atoms with Gasteiger partial charge in [-0.15, -0.1) is 0 Å². The van der Waals surface area contributed by atoms with Gasteiger partial charge in [-0.2, -0.15) is 5.10 Å². The minimum Gasteiger partial charge on any atom is -0.339 e. The topological polar surface area (TPSA) is 103 Å². The standard InChI is InChI=1S/C19H30N4O4S/c1-19(2,3)16-10-15(20-21-16)18(25)22-7-5-14(6-8-22)23-11-13(9-17(23)24)12-28(4,26)27/h10,13-14H,5-9,11-12H2,1-4H3,(H,20,21). The summed E-state index contributed by atoms with van der Waals surface area (Å²) in [4.78, 5) is 28.7. The van der Waals surface area contributed by atoms with Gasteiger partial charge in [0.15, 0.2) is 0 Å². The fourth-order valence-electron chi connectivity index (χ4n) is 4.06. The Balaban J connectivity index is 1.56. The maximum Gasteiger partial charge on any atom is 0.274 e. The molecule has 8 nitrogen and oxygen atoms in total. The van der Waals surface area contributed by atoms with E-state index in [0.717, 1.165) is 5.69 Å². The molecule has 2 amide bonds. The second kappa shape index (κ2) is 7.50. The van der Waals surface area contributed by atoms with E-state index in [4.69, 9.17) is 0 Å². The van der Waals surface area contributed by atoms with Crippen LogP contribution < -0.4 is 0 Å². The van der Waals surface area contributed by atoms with Crippen LogP contribution in [0, 0.1) is 5.92 Å². The van der Waals surface area contributed by atoms with Crippen LogP contribution in [0.2, 0.25) is 0 Å². The van der Waals surface area contributed by atoms with Gasteiger partial charge >= 0.3 is 0 Å². The van der Waals surface area contributed by atoms with E-state index < -0.39 is 9.84 Å². The van der Waals surface area contributed by atoms with Crippen molar-refractivity contribution in [3.05, 3.63) is 17.5 Å². The number of carbonyl (C=O) groups is 2. The molecule has 0 spiro atoms. The number of likely N-dealkylation sites (tertiary alicyclic amines) is 2. The fourth-order valence-corrected chi connectivity index (χ4v) is 5.14. The summed E-state index contributed by atoms with van der Waals surface area (Å²) in [6.07, 6.45) is 2.93. The highest BCUT2D eigenvalue weighted by Crippen LogP contribution is 2.27. The first-order chi connectivity index (χ1) is 12.9. The van der Waals surface area contributed by atoms with Crippen LogP contribution in [0.3, 0.4) is 0 Å². The van der Waals surface area contributed by atoms with Crippen molar-refractivity contribution in [1.82, 2.24) is 20.0 Å². The van der Waals surface area contributed by atoms with Crippen molar-refractivity contribution in [1.29, 1.82) is 0 Å². The lowest BCUT2D eigenvalue weighted by Gasteiger charge is -2.36. The molecule has 0 radical (unpaired) electrons. The molecule has 28 heavy (non-hydrogen) atoms. The molecule has 1 aromatic rings. The molecule has 3 heterocycles. The molecule has 2 fully saturated rings. The van der Waals surface area contributed by atoms with E-state index in [-0.39, 0.29) is 34.9 Å². The van der Waals surface area contributed by atoms with Gasteiger partial charge in [-0.1, -0.05) is 20.8 Å². The molecule has 0 aliphatic carbocycles. The Morgan fingerprint density at radius 3 is 2.46 bits per heavy atom. The summed E-state index contributed by atoms with van der Waals surface area (Å²) < 4.78 is 23.0. The number of H-pyrrole nitrogens is 1. The summed E-state index contributed by atoms with van der Waals surface area (Å²) in [5, 5.41) is 7.12. The van der Waals surface area contributed by atoms with Gasteiger partial charge in [0.1, 0.15) is 15.5 Å². The van der Waals surface area contributed by atoms with Crippen molar-refractivity contribution in [3.8, 4) is 0 Å². The highest BCUT2D eigenvalue weighted by Gasteiger charge is 2.37. The molecular formula is C19H30N4O4S. The monoisotopic (exact) mass is 410 g/mol. The molecule has 1 atom stereocenters. The van der Waals surface area contributed by atoms with E-state index in [1.807, 2.05) is 11.0 Å². The van der Waals surface area contributed by atoms with Crippen molar-refractivity contribution in [2.24, 2.45) is 5.92 Å². The lowest BCUT2D eigenvalue weighted by atomic mass is 9.92. The first kappa shape index (κ1) is 20.8. The molecule has 156 valence electrons. The summed E-state index contributed by atoms with van der Waals surface area (Å²) in [6, 6.07) is 1.89. The normalized spacial score (nSPS) is 22.1. The Labute approximate surface area is 166 Å². The zero-order valence-electron chi connectivity index (χ0n) is 17.1. The van der Waals surface area contributed by atoms with Gasteiger partial charge < -0.3 is 9.80 Å². The van der Waals surface area contributed by atoms with Crippen molar-refractivity contribution in [2.75, 3.05) is 31.6 Å². The van der Waals surface area contributed by atoms with E-state index in [2.05, 4.69) is 31.0 Å². The van der Waals surface area contributed by atoms with Crippen LogP contribution in [0.15, 0.2) is 6.07 Å². The van der Waals surface area contributed by atoms with E-state index in [1.54, 1.807) is 4.90 Å². The number of piperidine rings is 1. The zero-order valence-corrected chi connectivity index (χ0v) is 17.9. The molecule has 0 saturated carbocycles. The van der Waals surface area contributed by atoms with Gasteiger partial charge in [0.25, 0.3) is 5.91 Å². The van der Waals surface area contributed by atoms with Crippen LogP contribution in [-0.2, 0) is 20.0 Å². The Bertz CT molecular complexity index is 848. The molecule has 1 unspecified atom stereocenters. The average Bonchev–Trinajstić information content (AvgIpc) is 3.20. The highest BCUT2D eigenvalue weighted by molar-refractivity contribution is 7.90. The van der Waals surface area contributed by atoms with E-state index in [0.29, 0.717) is 44.6 Å². The number of hydrogen-bond acceptors (Lipinski definition) is 5. The second-order valence-electron chi connectivity index (χ2n) is 9.15. The molecule has 1 aromatic heterocycles. The van der Waals surface area contributed by atoms with E-state index >= 15 is 0 Å². The summed E-state index contributed by atoms with van der Waals surface area (Å²) in [7, 11) is -3.09. The summed E-state index contributed by atoms with van der Waals surface area (Å²) in [5.74, 6) is -0.127. The third-order valence-electron chi connectivity index (χ3n) is 5.57. The van der Waals surface area contributed by atoms with Gasteiger partial charge in [-0.3, -0.25) is 14.7 Å². The fraction of sp³-hybridized carbons (Fsp3) is 0.737. The van der Waals surface area contributed by atoms with Crippen LogP contribution in [0.4, 0.5) is 0 Å². The smallest absolute Gasteiger partial charge is 0.274 e. The Kier molecular flexibility index (Phi) is 5.58. The first-order valence-corrected chi connectivity index (χ1v) is 11.8. The summed E-state index contributed by atoms with van der Waals surface area (Å²) >= 11 is 0. The Morgan fingerprint density at radius 2 is 1.93 bits per heavy atom. The number of nitrogens with zero attached hydrogens (tertiary/aromatic N) is 3. The van der Waals surface area contributed by atoms with Crippen molar-refractivity contribution >= 4 is 21.7 Å². The number of carbonyl (C=O) groups excluding carboxylic acids is 2. The maximum atomic E-state index is 12.7. The lowest BCUT2D eigenvalue weighted by molar-refractivity contribution is -0.130. The van der Waals surface area contributed by atoms with Gasteiger partial charge in [0.2, 0.25) is 5.91 Å². The number of nitrogens with one attached hydrogen (secondary N) is 1. The SMILES string of the molecule is CC(C)(C)c1cc(C(=O)N2CCC(N3CC(CS(C)(=O)=O)CC3=O)CC2)n[nH]1. The maximum absolute atomic E-state index is 12.7. The zero-order chi connectivity index (χ0) is 20.7. The van der Waals surface area contributed by atoms with Gasteiger partial charge in [-0.25, -0.2) is 8.42 Å². The molecule has 2 saturated heterocycles. The molecule has 0 bridgehead atoms. The number of rotatable bonds is 4. The van der Waals surface area contributed by atoms with Gasteiger partial charge in [-0.05, 0) is 24.8 Å². The van der Waals surface area contributed by atoms with Gasteiger partial charge in [0.05, 0.1) is 5.75 Å². The summed E-state index contributed by atoms with van der Waals surface area (Å²) in [6.45, 7) is 7.82. The van der Waals surface area contributed by atoms with Gasteiger partial charge in [0, 0.05) is 49.5 Å². The number of sulfone groups is 1. The lowest BCUT2D eigenvalue weighted by Crippen LogP contribution is -2.47. The molecule has 3 rings (SSSR count). The number of hydrogen-bond donors (Lipinski definition) is 1. The third-order valence-corrected chi connectivity index (χ3v) is 6.65. The number of aromatic nitrogens is 2. The molecule has 0 aromatic carbocycles. The first-order valence-electron chi connectivity index (χ1n) is 9.76. The van der Waals surface area contributed by atoms with E-state index in [9.17, 15) is 18.0 Å². The molecule has 1 N–H and O–H groups in total. The number of aromatic amines is 1. The third kappa shape index (κ3) is 4.74. The molecular weight excluding hydrogens is 380 g/mol. The van der Waals surface area contributed by atoms with Crippen LogP contribution in [0.5, 0.6) is 0 Å². The quantitative estimate of drug-likeness (QED) is 0.803. The summed E-state index contributed by atoms with van der Waals surface area (Å²) in [5.41, 5.74) is 1.25. The molecule has 2 aliphatic rings. The van der Waals surface area contributed by atoms with E-state index in [1.165, 1.54) is 6.26 Å². The Hall–Kier alpha value is -1.90. The average molecular weight is 411 g/mol. The van der Waals surface area contributed by atoms with Crippen LogP contribution >= 0.6 is 0 Å². The van der Waals surface area contributed by atoms with Crippen LogP contribution in [0.1, 0.15) is 56.2 Å². The largest absolute Gasteiger partial charge is 0.339 e.